The van der Waals surface area contributed by atoms with E-state index >= 15 is 0 Å². The van der Waals surface area contributed by atoms with Gasteiger partial charge in [0, 0.05) is 11.6 Å². The molecule has 2 atom stereocenters. The highest BCUT2D eigenvalue weighted by Gasteiger charge is 2.21. The zero-order valence-electron chi connectivity index (χ0n) is 12.0. The number of aliphatic hydroxyl groups is 1. The Hall–Kier alpha value is -1.06. The van der Waals surface area contributed by atoms with Crippen LogP contribution in [0.4, 0.5) is 0 Å². The standard InChI is InChI=1S/C15H25NO2/c1-6-13(16-4)15(17)12-9-11(10(2)3)7-8-14(12)18-5/h7-10,13,15-17H,6H2,1-5H3. The number of methoxy groups -OCH3 is 1. The van der Waals surface area contributed by atoms with Crippen LogP contribution in [0.5, 0.6) is 5.75 Å². The van der Waals surface area contributed by atoms with E-state index in [1.54, 1.807) is 7.11 Å². The molecule has 0 aliphatic carbocycles. The van der Waals surface area contributed by atoms with Gasteiger partial charge in [0.25, 0.3) is 0 Å². The number of benzene rings is 1. The molecule has 0 amide bonds. The smallest absolute Gasteiger partial charge is 0.124 e. The third-order valence-corrected chi connectivity index (χ3v) is 3.43. The lowest BCUT2D eigenvalue weighted by molar-refractivity contribution is 0.127. The van der Waals surface area contributed by atoms with Crippen molar-refractivity contribution in [2.75, 3.05) is 14.2 Å². The van der Waals surface area contributed by atoms with Gasteiger partial charge in [-0.1, -0.05) is 26.8 Å². The Morgan fingerprint density at radius 1 is 1.33 bits per heavy atom. The molecular formula is C15H25NO2. The first-order valence-corrected chi connectivity index (χ1v) is 6.58. The lowest BCUT2D eigenvalue weighted by atomic mass is 9.94. The minimum atomic E-state index is -0.548. The zero-order chi connectivity index (χ0) is 13.7. The quantitative estimate of drug-likeness (QED) is 0.817. The van der Waals surface area contributed by atoms with Gasteiger partial charge in [-0.25, -0.2) is 0 Å². The fourth-order valence-electron chi connectivity index (χ4n) is 2.15. The lowest BCUT2D eigenvalue weighted by Crippen LogP contribution is -2.31. The number of aliphatic hydroxyl groups excluding tert-OH is 1. The molecule has 0 bridgehead atoms. The summed E-state index contributed by atoms with van der Waals surface area (Å²) in [5, 5.41) is 13.6. The van der Waals surface area contributed by atoms with Crippen LogP contribution >= 0.6 is 0 Å². The Labute approximate surface area is 110 Å². The molecule has 0 aromatic heterocycles. The minimum absolute atomic E-state index is 0.0429. The highest BCUT2D eigenvalue weighted by molar-refractivity contribution is 5.40. The van der Waals surface area contributed by atoms with Crippen molar-refractivity contribution < 1.29 is 9.84 Å². The molecule has 1 aromatic rings. The van der Waals surface area contributed by atoms with Crippen LogP contribution in [0, 0.1) is 0 Å². The summed E-state index contributed by atoms with van der Waals surface area (Å²) >= 11 is 0. The maximum absolute atomic E-state index is 10.5. The molecule has 0 radical (unpaired) electrons. The van der Waals surface area contributed by atoms with Crippen molar-refractivity contribution in [3.05, 3.63) is 29.3 Å². The number of rotatable bonds is 6. The molecule has 3 nitrogen and oxygen atoms in total. The molecule has 0 fully saturated rings. The van der Waals surface area contributed by atoms with Crippen LogP contribution < -0.4 is 10.1 Å². The maximum atomic E-state index is 10.5. The maximum Gasteiger partial charge on any atom is 0.124 e. The van der Waals surface area contributed by atoms with E-state index in [2.05, 4.69) is 32.2 Å². The fraction of sp³-hybridized carbons (Fsp3) is 0.600. The van der Waals surface area contributed by atoms with Gasteiger partial charge in [0.2, 0.25) is 0 Å². The number of nitrogens with one attached hydrogen (secondary N) is 1. The third-order valence-electron chi connectivity index (χ3n) is 3.43. The molecule has 18 heavy (non-hydrogen) atoms. The number of hydrogen-bond acceptors (Lipinski definition) is 3. The molecule has 0 saturated carbocycles. The zero-order valence-corrected chi connectivity index (χ0v) is 12.0. The number of ether oxygens (including phenoxy) is 1. The summed E-state index contributed by atoms with van der Waals surface area (Å²) in [5.41, 5.74) is 2.08. The Morgan fingerprint density at radius 2 is 2.00 bits per heavy atom. The summed E-state index contributed by atoms with van der Waals surface area (Å²) in [6, 6.07) is 6.09. The Morgan fingerprint density at radius 3 is 2.44 bits per heavy atom. The second-order valence-electron chi connectivity index (χ2n) is 4.90. The molecule has 3 heteroatoms. The molecule has 1 aromatic carbocycles. The predicted molar refractivity (Wildman–Crippen MR) is 75.2 cm³/mol. The second kappa shape index (κ2) is 6.76. The highest BCUT2D eigenvalue weighted by atomic mass is 16.5. The van der Waals surface area contributed by atoms with Crippen molar-refractivity contribution in [2.24, 2.45) is 0 Å². The molecule has 102 valence electrons. The van der Waals surface area contributed by atoms with Crippen molar-refractivity contribution in [2.45, 2.75) is 45.3 Å². The molecule has 2 N–H and O–H groups in total. The minimum Gasteiger partial charge on any atom is -0.496 e. The van der Waals surface area contributed by atoms with Crippen LogP contribution in [0.2, 0.25) is 0 Å². The van der Waals surface area contributed by atoms with E-state index < -0.39 is 6.10 Å². The van der Waals surface area contributed by atoms with E-state index in [-0.39, 0.29) is 6.04 Å². The van der Waals surface area contributed by atoms with Crippen LogP contribution in [0.15, 0.2) is 18.2 Å². The summed E-state index contributed by atoms with van der Waals surface area (Å²) in [6.45, 7) is 6.35. The Kier molecular flexibility index (Phi) is 5.63. The Bertz CT molecular complexity index is 373. The second-order valence-corrected chi connectivity index (χ2v) is 4.90. The van der Waals surface area contributed by atoms with Gasteiger partial charge in [-0.2, -0.15) is 0 Å². The van der Waals surface area contributed by atoms with Gasteiger partial charge in [-0.3, -0.25) is 0 Å². The topological polar surface area (TPSA) is 41.5 Å². The monoisotopic (exact) mass is 251 g/mol. The average Bonchev–Trinajstić information content (AvgIpc) is 2.39. The van der Waals surface area contributed by atoms with Gasteiger partial charge in [-0.15, -0.1) is 0 Å². The summed E-state index contributed by atoms with van der Waals surface area (Å²) in [6.07, 6.45) is 0.320. The van der Waals surface area contributed by atoms with Crippen LogP contribution in [0.1, 0.15) is 50.3 Å². The summed E-state index contributed by atoms with van der Waals surface area (Å²) in [4.78, 5) is 0. The van der Waals surface area contributed by atoms with E-state index in [4.69, 9.17) is 4.74 Å². The predicted octanol–water partition coefficient (Wildman–Crippen LogP) is 2.85. The van der Waals surface area contributed by atoms with Crippen LogP contribution in [-0.4, -0.2) is 25.3 Å². The molecular weight excluding hydrogens is 226 g/mol. The SMILES string of the molecule is CCC(NC)C(O)c1cc(C(C)C)ccc1OC. The average molecular weight is 251 g/mol. The van der Waals surface area contributed by atoms with Gasteiger partial charge in [-0.05, 0) is 37.1 Å². The third kappa shape index (κ3) is 3.24. The lowest BCUT2D eigenvalue weighted by Gasteiger charge is -2.24. The molecule has 0 heterocycles. The van der Waals surface area contributed by atoms with Gasteiger partial charge in [0.1, 0.15) is 5.75 Å². The molecule has 2 unspecified atom stereocenters. The first-order chi connectivity index (χ1) is 8.54. The fourth-order valence-corrected chi connectivity index (χ4v) is 2.15. The van der Waals surface area contributed by atoms with Crippen molar-refractivity contribution in [1.82, 2.24) is 5.32 Å². The summed E-state index contributed by atoms with van der Waals surface area (Å²) in [7, 11) is 3.51. The van der Waals surface area contributed by atoms with E-state index in [1.165, 1.54) is 5.56 Å². The summed E-state index contributed by atoms with van der Waals surface area (Å²) in [5.74, 6) is 1.19. The molecule has 0 aliphatic heterocycles. The molecule has 0 aliphatic rings. The van der Waals surface area contributed by atoms with E-state index in [1.807, 2.05) is 19.2 Å². The normalized spacial score (nSPS) is 14.6. The van der Waals surface area contributed by atoms with Crippen molar-refractivity contribution >= 4 is 0 Å². The van der Waals surface area contributed by atoms with Crippen molar-refractivity contribution in [3.63, 3.8) is 0 Å². The van der Waals surface area contributed by atoms with E-state index in [9.17, 15) is 5.11 Å². The van der Waals surface area contributed by atoms with Crippen molar-refractivity contribution in [1.29, 1.82) is 0 Å². The van der Waals surface area contributed by atoms with Crippen LogP contribution in [-0.2, 0) is 0 Å². The summed E-state index contributed by atoms with van der Waals surface area (Å²) < 4.78 is 5.35. The van der Waals surface area contributed by atoms with Gasteiger partial charge < -0.3 is 15.2 Å². The first-order valence-electron chi connectivity index (χ1n) is 6.58. The van der Waals surface area contributed by atoms with Crippen LogP contribution in [0.25, 0.3) is 0 Å². The molecule has 0 spiro atoms. The molecule has 0 saturated heterocycles. The molecule has 1 rings (SSSR count). The highest BCUT2D eigenvalue weighted by Crippen LogP contribution is 2.31. The number of likely N-dealkylation sites (N-methyl/N-ethyl adjacent to an activating group) is 1. The first kappa shape index (κ1) is 15.0. The van der Waals surface area contributed by atoms with Gasteiger partial charge >= 0.3 is 0 Å². The van der Waals surface area contributed by atoms with Gasteiger partial charge in [0.05, 0.1) is 13.2 Å². The number of hydrogen-bond donors (Lipinski definition) is 2. The van der Waals surface area contributed by atoms with Crippen LogP contribution in [0.3, 0.4) is 0 Å². The Balaban J connectivity index is 3.14. The van der Waals surface area contributed by atoms with E-state index in [0.717, 1.165) is 17.7 Å². The largest absolute Gasteiger partial charge is 0.496 e. The van der Waals surface area contributed by atoms with Crippen molar-refractivity contribution in [3.8, 4) is 5.75 Å². The van der Waals surface area contributed by atoms with E-state index in [0.29, 0.717) is 5.92 Å². The van der Waals surface area contributed by atoms with Gasteiger partial charge in [0.15, 0.2) is 0 Å².